The van der Waals surface area contributed by atoms with Crippen molar-refractivity contribution in [2.75, 3.05) is 0 Å². The molecule has 0 aromatic heterocycles. The van der Waals surface area contributed by atoms with Gasteiger partial charge in [0.15, 0.2) is 0 Å². The average molecular weight is 367 g/mol. The fraction of sp³-hybridized carbons (Fsp3) is 0.917. The van der Waals surface area contributed by atoms with Gasteiger partial charge in [-0.25, -0.2) is 0 Å². The lowest BCUT2D eigenvalue weighted by molar-refractivity contribution is -0.00741. The molecule has 0 aromatic carbocycles. The van der Waals surface area contributed by atoms with Crippen molar-refractivity contribution < 1.29 is 0 Å². The van der Waals surface area contributed by atoms with Crippen molar-refractivity contribution in [3.8, 4) is 0 Å². The molecule has 0 aromatic rings. The third-order valence-corrected chi connectivity index (χ3v) is 5.28. The first-order valence-electron chi connectivity index (χ1n) is 11.5. The van der Waals surface area contributed by atoms with Gasteiger partial charge in [-0.3, -0.25) is 9.80 Å². The summed E-state index contributed by atoms with van der Waals surface area (Å²) in [5.74, 6) is 0. The van der Waals surface area contributed by atoms with E-state index in [1.54, 1.807) is 0 Å². The van der Waals surface area contributed by atoms with E-state index in [0.29, 0.717) is 30.3 Å². The summed E-state index contributed by atoms with van der Waals surface area (Å²) in [5.41, 5.74) is 0. The summed E-state index contributed by atoms with van der Waals surface area (Å²) in [4.78, 5) is 5.31. The van der Waals surface area contributed by atoms with Gasteiger partial charge in [0.1, 0.15) is 0 Å². The predicted molar refractivity (Wildman–Crippen MR) is 120 cm³/mol. The van der Waals surface area contributed by atoms with Crippen LogP contribution in [0.4, 0.5) is 0 Å². The SMILES string of the molecule is CCCCCCCCCC=CC(N(C(C)C)C(C)C)N(C(C)C)C(C)C. The van der Waals surface area contributed by atoms with E-state index in [2.05, 4.69) is 84.3 Å². The number of unbranched alkanes of at least 4 members (excludes halogenated alkanes) is 7. The maximum Gasteiger partial charge on any atom is 0.0823 e. The Labute approximate surface area is 166 Å². The van der Waals surface area contributed by atoms with Crippen LogP contribution >= 0.6 is 0 Å². The quantitative estimate of drug-likeness (QED) is 0.171. The number of allylic oxidation sites excluding steroid dienone is 1. The summed E-state index contributed by atoms with van der Waals surface area (Å²) in [6.07, 6.45) is 16.3. The summed E-state index contributed by atoms with van der Waals surface area (Å²) in [6.45, 7) is 20.9. The van der Waals surface area contributed by atoms with Crippen LogP contribution in [0.5, 0.6) is 0 Å². The Morgan fingerprint density at radius 3 is 1.35 bits per heavy atom. The predicted octanol–water partition coefficient (Wildman–Crippen LogP) is 7.25. The van der Waals surface area contributed by atoms with E-state index >= 15 is 0 Å². The lowest BCUT2D eigenvalue weighted by Crippen LogP contribution is -2.57. The summed E-state index contributed by atoms with van der Waals surface area (Å²) in [6, 6.07) is 2.18. The van der Waals surface area contributed by atoms with Gasteiger partial charge in [-0.1, -0.05) is 57.6 Å². The molecule has 0 aliphatic heterocycles. The second kappa shape index (κ2) is 14.7. The van der Waals surface area contributed by atoms with Crippen LogP contribution < -0.4 is 0 Å². The van der Waals surface area contributed by atoms with E-state index in [1.165, 1.54) is 51.4 Å². The van der Waals surface area contributed by atoms with E-state index in [1.807, 2.05) is 0 Å². The Bertz CT molecular complexity index is 308. The van der Waals surface area contributed by atoms with Crippen LogP contribution in [0.25, 0.3) is 0 Å². The van der Waals surface area contributed by atoms with E-state index in [9.17, 15) is 0 Å². The van der Waals surface area contributed by atoms with E-state index in [0.717, 1.165) is 0 Å². The molecule has 0 amide bonds. The van der Waals surface area contributed by atoms with Gasteiger partial charge in [0.25, 0.3) is 0 Å². The highest BCUT2D eigenvalue weighted by atomic mass is 15.4. The zero-order chi connectivity index (χ0) is 20.1. The molecule has 2 nitrogen and oxygen atoms in total. The highest BCUT2D eigenvalue weighted by Gasteiger charge is 2.30. The topological polar surface area (TPSA) is 6.48 Å². The van der Waals surface area contributed by atoms with Crippen molar-refractivity contribution in [3.63, 3.8) is 0 Å². The number of rotatable bonds is 15. The molecular weight excluding hydrogens is 316 g/mol. The molecular formula is C24H50N2. The Morgan fingerprint density at radius 1 is 0.577 bits per heavy atom. The lowest BCUT2D eigenvalue weighted by Gasteiger charge is -2.46. The molecule has 0 aliphatic rings. The van der Waals surface area contributed by atoms with Gasteiger partial charge < -0.3 is 0 Å². The molecule has 2 heteroatoms. The summed E-state index contributed by atoms with van der Waals surface area (Å²) >= 11 is 0. The summed E-state index contributed by atoms with van der Waals surface area (Å²) < 4.78 is 0. The molecule has 0 rings (SSSR count). The van der Waals surface area contributed by atoms with Crippen LogP contribution in [0.1, 0.15) is 114 Å². The molecule has 0 unspecified atom stereocenters. The van der Waals surface area contributed by atoms with Crippen LogP contribution in [-0.2, 0) is 0 Å². The van der Waals surface area contributed by atoms with Crippen LogP contribution in [0.3, 0.4) is 0 Å². The second-order valence-electron chi connectivity index (χ2n) is 9.02. The van der Waals surface area contributed by atoms with Crippen molar-refractivity contribution in [3.05, 3.63) is 12.2 Å². The molecule has 0 heterocycles. The molecule has 0 atom stereocenters. The standard InChI is InChI=1S/C24H50N2/c1-10-11-12-13-14-15-16-17-18-19-24(25(20(2)3)21(4)5)26(22(6)7)23(8)9/h18-24H,10-17H2,1-9H3. The van der Waals surface area contributed by atoms with Crippen LogP contribution in [0.15, 0.2) is 12.2 Å². The molecule has 0 aliphatic carbocycles. The Balaban J connectivity index is 4.80. The van der Waals surface area contributed by atoms with Gasteiger partial charge in [-0.05, 0) is 68.2 Å². The van der Waals surface area contributed by atoms with Crippen molar-refractivity contribution in [2.24, 2.45) is 0 Å². The van der Waals surface area contributed by atoms with Crippen molar-refractivity contribution >= 4 is 0 Å². The molecule has 0 spiro atoms. The van der Waals surface area contributed by atoms with Gasteiger partial charge in [-0.15, -0.1) is 0 Å². The molecule has 0 fully saturated rings. The van der Waals surface area contributed by atoms with Gasteiger partial charge in [0.05, 0.1) is 6.17 Å². The zero-order valence-corrected chi connectivity index (χ0v) is 19.6. The first kappa shape index (κ1) is 25.7. The third kappa shape index (κ3) is 10.1. The minimum atomic E-state index is 0.388. The van der Waals surface area contributed by atoms with Gasteiger partial charge in [0, 0.05) is 24.2 Å². The normalized spacial score (nSPS) is 13.2. The summed E-state index contributed by atoms with van der Waals surface area (Å²) in [5, 5.41) is 0. The maximum absolute atomic E-state index is 2.65. The molecule has 0 radical (unpaired) electrons. The summed E-state index contributed by atoms with van der Waals surface area (Å²) in [7, 11) is 0. The maximum atomic E-state index is 2.65. The van der Waals surface area contributed by atoms with Gasteiger partial charge in [-0.2, -0.15) is 0 Å². The van der Waals surface area contributed by atoms with E-state index in [-0.39, 0.29) is 0 Å². The Morgan fingerprint density at radius 2 is 0.962 bits per heavy atom. The number of hydrogen-bond acceptors (Lipinski definition) is 2. The third-order valence-electron chi connectivity index (χ3n) is 5.28. The molecule has 0 N–H and O–H groups in total. The van der Waals surface area contributed by atoms with Gasteiger partial charge >= 0.3 is 0 Å². The van der Waals surface area contributed by atoms with E-state index in [4.69, 9.17) is 0 Å². The monoisotopic (exact) mass is 366 g/mol. The average Bonchev–Trinajstić information content (AvgIpc) is 2.51. The van der Waals surface area contributed by atoms with Crippen LogP contribution in [0.2, 0.25) is 0 Å². The van der Waals surface area contributed by atoms with E-state index < -0.39 is 0 Å². The van der Waals surface area contributed by atoms with Crippen molar-refractivity contribution in [2.45, 2.75) is 144 Å². The lowest BCUT2D eigenvalue weighted by atomic mass is 10.1. The number of nitrogens with zero attached hydrogens (tertiary/aromatic N) is 2. The van der Waals surface area contributed by atoms with Crippen molar-refractivity contribution in [1.29, 1.82) is 0 Å². The second-order valence-corrected chi connectivity index (χ2v) is 9.02. The zero-order valence-electron chi connectivity index (χ0n) is 19.6. The minimum absolute atomic E-state index is 0.388. The molecule has 0 bridgehead atoms. The van der Waals surface area contributed by atoms with Gasteiger partial charge in [0.2, 0.25) is 0 Å². The largest absolute Gasteiger partial charge is 0.280 e. The van der Waals surface area contributed by atoms with Crippen molar-refractivity contribution in [1.82, 2.24) is 9.80 Å². The molecule has 26 heavy (non-hydrogen) atoms. The smallest absolute Gasteiger partial charge is 0.0823 e. The minimum Gasteiger partial charge on any atom is -0.280 e. The van der Waals surface area contributed by atoms with Crippen LogP contribution in [0, 0.1) is 0 Å². The molecule has 0 saturated heterocycles. The first-order chi connectivity index (χ1) is 12.2. The highest BCUT2D eigenvalue weighted by molar-refractivity contribution is 4.98. The fourth-order valence-corrected chi connectivity index (χ4v) is 4.20. The van der Waals surface area contributed by atoms with Crippen LogP contribution in [-0.4, -0.2) is 40.1 Å². The fourth-order valence-electron chi connectivity index (χ4n) is 4.20. The Hall–Kier alpha value is -0.340. The first-order valence-corrected chi connectivity index (χ1v) is 11.5. The Kier molecular flexibility index (Phi) is 14.5. The highest BCUT2D eigenvalue weighted by Crippen LogP contribution is 2.21. The number of hydrogen-bond donors (Lipinski definition) is 0. The molecule has 156 valence electrons. The molecule has 0 saturated carbocycles.